The number of aromatic nitrogens is 1. The zero-order chi connectivity index (χ0) is 14.0. The van der Waals surface area contributed by atoms with E-state index in [1.54, 1.807) is 10.6 Å². The van der Waals surface area contributed by atoms with Gasteiger partial charge in [0.25, 0.3) is 5.56 Å². The van der Waals surface area contributed by atoms with Gasteiger partial charge in [-0.2, -0.15) is 0 Å². The molecule has 0 saturated carbocycles. The Bertz CT molecular complexity index is 632. The Labute approximate surface area is 117 Å². The van der Waals surface area contributed by atoms with E-state index in [-0.39, 0.29) is 17.3 Å². The molecule has 2 N–H and O–H groups in total. The van der Waals surface area contributed by atoms with Crippen molar-refractivity contribution in [2.45, 2.75) is 26.3 Å². The normalized spacial score (nSPS) is 12.4. The molecule has 19 heavy (non-hydrogen) atoms. The molecule has 1 unspecified atom stereocenters. The second kappa shape index (κ2) is 5.49. The van der Waals surface area contributed by atoms with E-state index in [4.69, 9.17) is 17.3 Å². The number of nitrogen functional groups attached to an aromatic ring is 1. The van der Waals surface area contributed by atoms with Crippen molar-refractivity contribution in [3.05, 3.63) is 51.8 Å². The van der Waals surface area contributed by atoms with Crippen LogP contribution in [0.2, 0.25) is 5.02 Å². The summed E-state index contributed by atoms with van der Waals surface area (Å²) in [5, 5.41) is 0.677. The monoisotopic (exact) mass is 276 g/mol. The third-order valence-corrected chi connectivity index (χ3v) is 3.57. The van der Waals surface area contributed by atoms with Crippen LogP contribution in [0.25, 0.3) is 11.3 Å². The number of hydrogen-bond donors (Lipinski definition) is 1. The Morgan fingerprint density at radius 3 is 2.42 bits per heavy atom. The third kappa shape index (κ3) is 2.66. The molecule has 0 bridgehead atoms. The molecule has 0 spiro atoms. The SMILES string of the molecule is CCC(C)n1c(-c2ccc(Cl)cc2)ccc(N)c1=O. The fourth-order valence-electron chi connectivity index (χ4n) is 2.04. The average molecular weight is 277 g/mol. The summed E-state index contributed by atoms with van der Waals surface area (Å²) in [6, 6.07) is 11.1. The summed E-state index contributed by atoms with van der Waals surface area (Å²) >= 11 is 5.90. The van der Waals surface area contributed by atoms with Gasteiger partial charge >= 0.3 is 0 Å². The van der Waals surface area contributed by atoms with Gasteiger partial charge in [0.1, 0.15) is 0 Å². The first-order valence-corrected chi connectivity index (χ1v) is 6.69. The summed E-state index contributed by atoms with van der Waals surface area (Å²) in [5.74, 6) is 0. The van der Waals surface area contributed by atoms with Crippen molar-refractivity contribution >= 4 is 17.3 Å². The van der Waals surface area contributed by atoms with E-state index in [0.29, 0.717) is 5.02 Å². The van der Waals surface area contributed by atoms with Gasteiger partial charge in [0.2, 0.25) is 0 Å². The van der Waals surface area contributed by atoms with Gasteiger partial charge < -0.3 is 10.3 Å². The highest BCUT2D eigenvalue weighted by molar-refractivity contribution is 6.30. The first kappa shape index (κ1) is 13.7. The lowest BCUT2D eigenvalue weighted by Crippen LogP contribution is -2.26. The van der Waals surface area contributed by atoms with Crippen LogP contribution in [0.1, 0.15) is 26.3 Å². The van der Waals surface area contributed by atoms with Crippen LogP contribution >= 0.6 is 11.6 Å². The first-order valence-electron chi connectivity index (χ1n) is 6.31. The molecule has 0 amide bonds. The average Bonchev–Trinajstić information content (AvgIpc) is 2.42. The second-order valence-corrected chi connectivity index (χ2v) is 5.05. The maximum absolute atomic E-state index is 12.2. The molecule has 0 saturated heterocycles. The molecule has 2 aromatic rings. The number of pyridine rings is 1. The number of rotatable bonds is 3. The van der Waals surface area contributed by atoms with Crippen LogP contribution in [0.15, 0.2) is 41.2 Å². The van der Waals surface area contributed by atoms with Crippen molar-refractivity contribution in [3.8, 4) is 11.3 Å². The van der Waals surface area contributed by atoms with Crippen LogP contribution in [-0.4, -0.2) is 4.57 Å². The number of halogens is 1. The van der Waals surface area contributed by atoms with Crippen molar-refractivity contribution in [1.29, 1.82) is 0 Å². The predicted molar refractivity (Wildman–Crippen MR) is 80.6 cm³/mol. The molecule has 0 aliphatic heterocycles. The lowest BCUT2D eigenvalue weighted by molar-refractivity contribution is 0.521. The Kier molecular flexibility index (Phi) is 3.96. The van der Waals surface area contributed by atoms with Gasteiger partial charge in [0.15, 0.2) is 0 Å². The van der Waals surface area contributed by atoms with E-state index in [9.17, 15) is 4.79 Å². The van der Waals surface area contributed by atoms with Crippen LogP contribution in [0.4, 0.5) is 5.69 Å². The van der Waals surface area contributed by atoms with E-state index < -0.39 is 0 Å². The highest BCUT2D eigenvalue weighted by atomic mass is 35.5. The second-order valence-electron chi connectivity index (χ2n) is 4.61. The van der Waals surface area contributed by atoms with Crippen LogP contribution in [-0.2, 0) is 0 Å². The minimum Gasteiger partial charge on any atom is -0.394 e. The highest BCUT2D eigenvalue weighted by Crippen LogP contribution is 2.24. The minimum absolute atomic E-state index is 0.0988. The van der Waals surface area contributed by atoms with Gasteiger partial charge in [-0.05, 0) is 43.2 Å². The molecule has 1 atom stereocenters. The molecule has 1 heterocycles. The molecule has 2 rings (SSSR count). The van der Waals surface area contributed by atoms with E-state index >= 15 is 0 Å². The van der Waals surface area contributed by atoms with E-state index in [1.807, 2.05) is 44.2 Å². The van der Waals surface area contributed by atoms with E-state index in [2.05, 4.69) is 0 Å². The molecule has 1 aromatic carbocycles. The maximum atomic E-state index is 12.2. The molecule has 0 aliphatic carbocycles. The maximum Gasteiger partial charge on any atom is 0.274 e. The Hall–Kier alpha value is -1.74. The molecule has 3 nitrogen and oxygen atoms in total. The Morgan fingerprint density at radius 1 is 1.21 bits per heavy atom. The molecule has 0 aliphatic rings. The molecule has 1 aromatic heterocycles. The molecule has 4 heteroatoms. The summed E-state index contributed by atoms with van der Waals surface area (Å²) in [5.41, 5.74) is 7.69. The van der Waals surface area contributed by atoms with Crippen LogP contribution in [0.3, 0.4) is 0 Å². The first-order chi connectivity index (χ1) is 9.04. The van der Waals surface area contributed by atoms with Gasteiger partial charge in [0.05, 0.1) is 11.4 Å². The van der Waals surface area contributed by atoms with Crippen LogP contribution in [0.5, 0.6) is 0 Å². The Morgan fingerprint density at radius 2 is 1.84 bits per heavy atom. The van der Waals surface area contributed by atoms with Crippen molar-refractivity contribution in [3.63, 3.8) is 0 Å². The largest absolute Gasteiger partial charge is 0.394 e. The fraction of sp³-hybridized carbons (Fsp3) is 0.267. The molecule has 0 fully saturated rings. The summed E-state index contributed by atoms with van der Waals surface area (Å²) in [4.78, 5) is 12.2. The molecular formula is C15H17ClN2O. The number of anilines is 1. The smallest absolute Gasteiger partial charge is 0.274 e. The van der Waals surface area contributed by atoms with E-state index in [0.717, 1.165) is 17.7 Å². The lowest BCUT2D eigenvalue weighted by atomic mass is 10.1. The zero-order valence-electron chi connectivity index (χ0n) is 11.1. The fourth-order valence-corrected chi connectivity index (χ4v) is 2.17. The predicted octanol–water partition coefficient (Wildman–Crippen LogP) is 3.72. The molecular weight excluding hydrogens is 260 g/mol. The molecule has 0 radical (unpaired) electrons. The standard InChI is InChI=1S/C15H17ClN2O/c1-3-10(2)18-14(9-8-13(17)15(18)19)11-4-6-12(16)7-5-11/h4-10H,3,17H2,1-2H3. The van der Waals surface area contributed by atoms with Gasteiger partial charge in [-0.25, -0.2) is 0 Å². The van der Waals surface area contributed by atoms with Gasteiger partial charge in [-0.1, -0.05) is 30.7 Å². The number of benzene rings is 1. The lowest BCUT2D eigenvalue weighted by Gasteiger charge is -2.19. The molecule has 100 valence electrons. The zero-order valence-corrected chi connectivity index (χ0v) is 11.8. The highest BCUT2D eigenvalue weighted by Gasteiger charge is 2.13. The van der Waals surface area contributed by atoms with Crippen molar-refractivity contribution in [1.82, 2.24) is 4.57 Å². The number of hydrogen-bond acceptors (Lipinski definition) is 2. The third-order valence-electron chi connectivity index (χ3n) is 3.32. The summed E-state index contributed by atoms with van der Waals surface area (Å²) in [6.45, 7) is 4.06. The van der Waals surface area contributed by atoms with Crippen molar-refractivity contribution < 1.29 is 0 Å². The van der Waals surface area contributed by atoms with E-state index in [1.165, 1.54) is 0 Å². The quantitative estimate of drug-likeness (QED) is 0.929. The van der Waals surface area contributed by atoms with Crippen LogP contribution in [0, 0.1) is 0 Å². The number of nitrogens with two attached hydrogens (primary N) is 1. The van der Waals surface area contributed by atoms with Crippen molar-refractivity contribution in [2.75, 3.05) is 5.73 Å². The van der Waals surface area contributed by atoms with Crippen LogP contribution < -0.4 is 11.3 Å². The number of nitrogens with zero attached hydrogens (tertiary/aromatic N) is 1. The van der Waals surface area contributed by atoms with Crippen molar-refractivity contribution in [2.24, 2.45) is 0 Å². The Balaban J connectivity index is 2.66. The van der Waals surface area contributed by atoms with Gasteiger partial charge in [-0.15, -0.1) is 0 Å². The summed E-state index contributed by atoms with van der Waals surface area (Å²) in [6.07, 6.45) is 0.865. The topological polar surface area (TPSA) is 48.0 Å². The van der Waals surface area contributed by atoms with Gasteiger partial charge in [0, 0.05) is 11.1 Å². The summed E-state index contributed by atoms with van der Waals surface area (Å²) in [7, 11) is 0. The summed E-state index contributed by atoms with van der Waals surface area (Å²) < 4.78 is 1.75. The minimum atomic E-state index is -0.137. The van der Waals surface area contributed by atoms with Gasteiger partial charge in [-0.3, -0.25) is 4.79 Å².